The van der Waals surface area contributed by atoms with Gasteiger partial charge in [0.05, 0.1) is 30.1 Å². The zero-order valence-corrected chi connectivity index (χ0v) is 17.2. The topological polar surface area (TPSA) is 120 Å². The highest BCUT2D eigenvalue weighted by molar-refractivity contribution is 7.22. The van der Waals surface area contributed by atoms with Crippen molar-refractivity contribution >= 4 is 44.1 Å². The van der Waals surface area contributed by atoms with Crippen molar-refractivity contribution in [3.8, 4) is 11.5 Å². The molecule has 1 aromatic heterocycles. The molecule has 0 atom stereocenters. The van der Waals surface area contributed by atoms with Gasteiger partial charge in [-0.2, -0.15) is 5.10 Å². The van der Waals surface area contributed by atoms with Crippen LogP contribution in [0.25, 0.3) is 15.9 Å². The third kappa shape index (κ3) is 4.64. The van der Waals surface area contributed by atoms with Crippen molar-refractivity contribution in [1.29, 1.82) is 0 Å². The lowest BCUT2D eigenvalue weighted by Gasteiger charge is -2.08. The molecule has 0 fully saturated rings. The molecule has 0 aliphatic heterocycles. The maximum Gasteiger partial charge on any atom is 0.211 e. The summed E-state index contributed by atoms with van der Waals surface area (Å²) in [6, 6.07) is 11.5. The van der Waals surface area contributed by atoms with E-state index in [0.29, 0.717) is 17.2 Å². The number of thiazole rings is 1. The molecule has 3 rings (SSSR count). The van der Waals surface area contributed by atoms with Crippen molar-refractivity contribution in [2.75, 3.05) is 19.5 Å². The fraction of sp³-hybridized carbons (Fsp3) is 0.150. The molecule has 0 radical (unpaired) electrons. The fourth-order valence-electron chi connectivity index (χ4n) is 2.61. The Balaban J connectivity index is 1.78. The van der Waals surface area contributed by atoms with Gasteiger partial charge in [-0.1, -0.05) is 42.2 Å². The van der Waals surface area contributed by atoms with E-state index in [2.05, 4.69) is 27.1 Å². The van der Waals surface area contributed by atoms with Gasteiger partial charge >= 0.3 is 0 Å². The Labute approximate surface area is 172 Å². The Morgan fingerprint density at radius 3 is 2.28 bits per heavy atom. The van der Waals surface area contributed by atoms with Crippen LogP contribution in [0.15, 0.2) is 53.2 Å². The first kappa shape index (κ1) is 20.2. The summed E-state index contributed by atoms with van der Waals surface area (Å²) in [4.78, 5) is 4.60. The highest BCUT2D eigenvalue weighted by Gasteiger charge is 2.11. The summed E-state index contributed by atoms with van der Waals surface area (Å²) in [5.74, 6) is 1.23. The Hall–Kier alpha value is -3.59. The molecule has 0 unspecified atom stereocenters. The number of hydrogen-bond acceptors (Lipinski definition) is 7. The summed E-state index contributed by atoms with van der Waals surface area (Å²) >= 11 is 1.51. The number of nitrogens with one attached hydrogen (secondary N) is 1. The van der Waals surface area contributed by atoms with Gasteiger partial charge in [0.15, 0.2) is 16.6 Å². The van der Waals surface area contributed by atoms with Crippen LogP contribution < -0.4 is 26.3 Å². The molecule has 0 bridgehead atoms. The molecule has 1 heterocycles. The monoisotopic (exact) mass is 410 g/mol. The number of methoxy groups -OCH3 is 2. The number of hydrogen-bond donors (Lipinski definition) is 3. The Morgan fingerprint density at radius 1 is 1.03 bits per heavy atom. The first-order valence-electron chi connectivity index (χ1n) is 8.63. The molecule has 0 amide bonds. The second kappa shape index (κ2) is 8.61. The van der Waals surface area contributed by atoms with Gasteiger partial charge in [-0.05, 0) is 18.1 Å². The summed E-state index contributed by atoms with van der Waals surface area (Å²) in [7, 11) is 3.21. The Kier molecular flexibility index (Phi) is 5.99. The zero-order chi connectivity index (χ0) is 21.0. The maximum atomic E-state index is 5.35. The molecule has 0 saturated heterocycles. The second-order valence-electron chi connectivity index (χ2n) is 6.09. The summed E-state index contributed by atoms with van der Waals surface area (Å²) < 4.78 is 11.7. The van der Waals surface area contributed by atoms with Crippen LogP contribution >= 0.6 is 11.3 Å². The average Bonchev–Trinajstić information content (AvgIpc) is 3.11. The number of fused-ring (bicyclic) bond motifs is 1. The van der Waals surface area contributed by atoms with Gasteiger partial charge in [0.2, 0.25) is 5.96 Å². The molecule has 3 aromatic rings. The molecule has 29 heavy (non-hydrogen) atoms. The van der Waals surface area contributed by atoms with Crippen LogP contribution in [0, 0.1) is 0 Å². The van der Waals surface area contributed by atoms with E-state index in [1.165, 1.54) is 11.3 Å². The van der Waals surface area contributed by atoms with Gasteiger partial charge in [-0.3, -0.25) is 0 Å². The normalized spacial score (nSPS) is 11.2. The summed E-state index contributed by atoms with van der Waals surface area (Å²) in [6.45, 7) is 5.94. The fourth-order valence-corrected chi connectivity index (χ4v) is 3.51. The van der Waals surface area contributed by atoms with Gasteiger partial charge in [0.1, 0.15) is 0 Å². The van der Waals surface area contributed by atoms with Crippen LogP contribution in [0.4, 0.5) is 5.13 Å². The first-order valence-corrected chi connectivity index (χ1v) is 9.45. The van der Waals surface area contributed by atoms with Gasteiger partial charge in [0.25, 0.3) is 0 Å². The summed E-state index contributed by atoms with van der Waals surface area (Å²) in [5.41, 5.74) is 14.7. The largest absolute Gasteiger partial charge is 0.493 e. The molecule has 2 aromatic carbocycles. The number of anilines is 1. The minimum absolute atomic E-state index is 0.0791. The molecular formula is C20H22N6O2S. The minimum atomic E-state index is -0.0791. The Bertz CT molecular complexity index is 1060. The van der Waals surface area contributed by atoms with E-state index in [1.54, 1.807) is 14.2 Å². The SMILES string of the molecule is C=C(Nc1nc2cc(OC)c(OC)cc2s1)c1ccc(/C(C)=N\N=C(N)N)cc1. The maximum absolute atomic E-state index is 5.35. The van der Waals surface area contributed by atoms with E-state index in [9.17, 15) is 0 Å². The smallest absolute Gasteiger partial charge is 0.211 e. The number of guanidine groups is 1. The third-order valence-corrected chi connectivity index (χ3v) is 5.05. The average molecular weight is 411 g/mol. The van der Waals surface area contributed by atoms with Crippen LogP contribution in [0.2, 0.25) is 0 Å². The van der Waals surface area contributed by atoms with Crippen molar-refractivity contribution in [1.82, 2.24) is 4.98 Å². The number of benzene rings is 2. The van der Waals surface area contributed by atoms with Gasteiger partial charge in [-0.15, -0.1) is 5.10 Å². The van der Waals surface area contributed by atoms with E-state index in [4.69, 9.17) is 20.9 Å². The van der Waals surface area contributed by atoms with Crippen molar-refractivity contribution in [2.45, 2.75) is 6.92 Å². The molecule has 8 nitrogen and oxygen atoms in total. The van der Waals surface area contributed by atoms with E-state index < -0.39 is 0 Å². The van der Waals surface area contributed by atoms with E-state index in [-0.39, 0.29) is 5.96 Å². The number of rotatable bonds is 7. The van der Waals surface area contributed by atoms with E-state index in [1.807, 2.05) is 43.3 Å². The zero-order valence-electron chi connectivity index (χ0n) is 16.4. The number of ether oxygens (including phenoxy) is 2. The second-order valence-corrected chi connectivity index (χ2v) is 7.12. The van der Waals surface area contributed by atoms with Crippen LogP contribution in [0.1, 0.15) is 18.1 Å². The molecule has 0 saturated carbocycles. The van der Waals surface area contributed by atoms with E-state index in [0.717, 1.165) is 32.2 Å². The molecule has 0 spiro atoms. The molecule has 0 aliphatic rings. The Morgan fingerprint density at radius 2 is 1.66 bits per heavy atom. The first-order chi connectivity index (χ1) is 13.9. The van der Waals surface area contributed by atoms with Crippen molar-refractivity contribution < 1.29 is 9.47 Å². The lowest BCUT2D eigenvalue weighted by molar-refractivity contribution is 0.356. The minimum Gasteiger partial charge on any atom is -0.493 e. The van der Waals surface area contributed by atoms with Crippen LogP contribution in [-0.2, 0) is 0 Å². The van der Waals surface area contributed by atoms with E-state index >= 15 is 0 Å². The predicted molar refractivity (Wildman–Crippen MR) is 120 cm³/mol. The predicted octanol–water partition coefficient (Wildman–Crippen LogP) is 3.39. The van der Waals surface area contributed by atoms with Crippen LogP contribution in [0.3, 0.4) is 0 Å². The molecular weight excluding hydrogens is 388 g/mol. The van der Waals surface area contributed by atoms with Crippen molar-refractivity contribution in [3.05, 3.63) is 54.1 Å². The molecule has 9 heteroatoms. The highest BCUT2D eigenvalue weighted by Crippen LogP contribution is 2.36. The van der Waals surface area contributed by atoms with Gasteiger partial charge < -0.3 is 26.3 Å². The number of nitrogens with two attached hydrogens (primary N) is 2. The standard InChI is InChI=1S/C20H22N6O2S/c1-11(13-5-7-14(8-6-13)12(2)25-26-19(21)22)23-20-24-15-9-16(27-3)17(28-4)10-18(15)29-20/h5-10H,1H2,2-4H3,(H,23,24)(H4,21,22,26)/b25-12-. The van der Waals surface area contributed by atoms with Crippen molar-refractivity contribution in [2.24, 2.45) is 21.7 Å². The molecule has 0 aliphatic carbocycles. The van der Waals surface area contributed by atoms with Crippen LogP contribution in [0.5, 0.6) is 11.5 Å². The lowest BCUT2D eigenvalue weighted by atomic mass is 10.1. The summed E-state index contributed by atoms with van der Waals surface area (Å²) in [5, 5.41) is 11.6. The van der Waals surface area contributed by atoms with Crippen LogP contribution in [-0.4, -0.2) is 30.9 Å². The lowest BCUT2D eigenvalue weighted by Crippen LogP contribution is -2.22. The molecule has 150 valence electrons. The van der Waals surface area contributed by atoms with Crippen molar-refractivity contribution in [3.63, 3.8) is 0 Å². The number of aromatic nitrogens is 1. The van der Waals surface area contributed by atoms with Gasteiger partial charge in [-0.25, -0.2) is 4.98 Å². The summed E-state index contributed by atoms with van der Waals surface area (Å²) in [6.07, 6.45) is 0. The quantitative estimate of drug-likeness (QED) is 0.312. The third-order valence-electron chi connectivity index (χ3n) is 4.12. The molecule has 5 N–H and O–H groups in total. The number of nitrogens with zero attached hydrogens (tertiary/aromatic N) is 3. The van der Waals surface area contributed by atoms with Gasteiger partial charge in [0, 0.05) is 17.8 Å². The highest BCUT2D eigenvalue weighted by atomic mass is 32.1.